The minimum atomic E-state index is -0.430. The van der Waals surface area contributed by atoms with Crippen LogP contribution >= 0.6 is 0 Å². The topological polar surface area (TPSA) is 134 Å². The summed E-state index contributed by atoms with van der Waals surface area (Å²) in [6.07, 6.45) is 0. The number of methoxy groups -OCH3 is 2. The number of carbonyl (C=O) groups is 1. The second kappa shape index (κ2) is 8.30. The Balaban J connectivity index is 2.19. The van der Waals surface area contributed by atoms with Crippen LogP contribution in [-0.2, 0) is 0 Å². The number of hydrogen-bond acceptors (Lipinski definition) is 7. The molecular formula is C18H17N5O3. The number of ketones is 1. The van der Waals surface area contributed by atoms with E-state index in [2.05, 4.69) is 10.5 Å². The molecule has 0 bridgehead atoms. The van der Waals surface area contributed by atoms with Gasteiger partial charge in [-0.1, -0.05) is 0 Å². The van der Waals surface area contributed by atoms with Gasteiger partial charge in [0.25, 0.3) is 0 Å². The van der Waals surface area contributed by atoms with E-state index >= 15 is 0 Å². The highest BCUT2D eigenvalue weighted by molar-refractivity contribution is 6.45. The minimum Gasteiger partial charge on any atom is -0.493 e. The quantitative estimate of drug-likeness (QED) is 0.303. The zero-order valence-corrected chi connectivity index (χ0v) is 14.2. The number of benzene rings is 2. The molecule has 0 saturated carbocycles. The number of nitrogens with zero attached hydrogens (tertiary/aromatic N) is 2. The predicted octanol–water partition coefficient (Wildman–Crippen LogP) is 2.16. The van der Waals surface area contributed by atoms with E-state index in [0.29, 0.717) is 28.3 Å². The molecule has 0 unspecified atom stereocenters. The maximum Gasteiger partial charge on any atom is 0.201 e. The lowest BCUT2D eigenvalue weighted by Gasteiger charge is -2.09. The molecule has 4 N–H and O–H groups in total. The molecule has 26 heavy (non-hydrogen) atoms. The molecule has 0 spiro atoms. The molecule has 8 heteroatoms. The van der Waals surface area contributed by atoms with Crippen molar-refractivity contribution in [3.63, 3.8) is 0 Å². The Labute approximate surface area is 150 Å². The molecule has 2 rings (SSSR count). The van der Waals surface area contributed by atoms with Crippen molar-refractivity contribution in [2.45, 2.75) is 0 Å². The lowest BCUT2D eigenvalue weighted by molar-refractivity contribution is 0.103. The van der Waals surface area contributed by atoms with E-state index in [0.717, 1.165) is 0 Å². The number of ether oxygens (including phenoxy) is 2. The van der Waals surface area contributed by atoms with Gasteiger partial charge < -0.3 is 15.2 Å². The maximum atomic E-state index is 12.6. The predicted molar refractivity (Wildman–Crippen MR) is 98.0 cm³/mol. The van der Waals surface area contributed by atoms with E-state index in [-0.39, 0.29) is 11.5 Å². The first kappa shape index (κ1) is 18.5. The van der Waals surface area contributed by atoms with Gasteiger partial charge in [0.2, 0.25) is 5.71 Å². The fourth-order valence-corrected chi connectivity index (χ4v) is 2.11. The summed E-state index contributed by atoms with van der Waals surface area (Å²) in [7, 11) is 3.03. The van der Waals surface area contributed by atoms with Crippen LogP contribution in [-0.4, -0.2) is 31.6 Å². The van der Waals surface area contributed by atoms with Crippen molar-refractivity contribution in [2.24, 2.45) is 10.8 Å². The molecule has 0 atom stereocenters. The smallest absolute Gasteiger partial charge is 0.201 e. The van der Waals surface area contributed by atoms with Crippen LogP contribution in [0.3, 0.4) is 0 Å². The van der Waals surface area contributed by atoms with Crippen LogP contribution in [0.1, 0.15) is 15.9 Å². The lowest BCUT2D eigenvalue weighted by Crippen LogP contribution is -2.21. The van der Waals surface area contributed by atoms with Crippen molar-refractivity contribution in [1.82, 2.24) is 0 Å². The van der Waals surface area contributed by atoms with Crippen molar-refractivity contribution in [3.8, 4) is 17.6 Å². The van der Waals surface area contributed by atoms with Crippen molar-refractivity contribution >= 4 is 23.0 Å². The lowest BCUT2D eigenvalue weighted by atomic mass is 10.0. The van der Waals surface area contributed by atoms with Gasteiger partial charge in [-0.05, 0) is 42.5 Å². The molecule has 132 valence electrons. The third kappa shape index (κ3) is 4.15. The first-order valence-electron chi connectivity index (χ1n) is 7.45. The average molecular weight is 351 g/mol. The standard InChI is InChI=1S/C18H17N5O3/c1-25-15-8-5-12(9-16(15)26-2)17(24)11-3-6-13(7-4-11)22-23-14(10-19)18(20)21/h3-9,22H,1-2H3,(H3,20,21)/b23-14+. The van der Waals surface area contributed by atoms with Crippen LogP contribution in [0, 0.1) is 16.7 Å². The molecular weight excluding hydrogens is 334 g/mol. The van der Waals surface area contributed by atoms with E-state index in [1.165, 1.54) is 14.2 Å². The highest BCUT2D eigenvalue weighted by Gasteiger charge is 2.13. The van der Waals surface area contributed by atoms with Gasteiger partial charge in [-0.15, -0.1) is 0 Å². The highest BCUT2D eigenvalue weighted by Crippen LogP contribution is 2.28. The third-order valence-electron chi connectivity index (χ3n) is 3.45. The highest BCUT2D eigenvalue weighted by atomic mass is 16.5. The number of nitrogens with two attached hydrogens (primary N) is 1. The molecule has 0 radical (unpaired) electrons. The minimum absolute atomic E-state index is 0.178. The van der Waals surface area contributed by atoms with E-state index in [1.54, 1.807) is 48.5 Å². The number of nitriles is 1. The molecule has 0 amide bonds. The summed E-state index contributed by atoms with van der Waals surface area (Å²) in [5.41, 5.74) is 9.07. The van der Waals surface area contributed by atoms with Gasteiger partial charge in [-0.2, -0.15) is 10.4 Å². The van der Waals surface area contributed by atoms with E-state index in [4.69, 9.17) is 25.9 Å². The SMILES string of the molecule is COc1ccc(C(=O)c2ccc(N/N=C(\C#N)C(=N)N)cc2)cc1OC. The number of anilines is 1. The van der Waals surface area contributed by atoms with E-state index < -0.39 is 5.84 Å². The van der Waals surface area contributed by atoms with Crippen LogP contribution in [0.4, 0.5) is 5.69 Å². The number of hydrogen-bond donors (Lipinski definition) is 3. The number of hydrazone groups is 1. The average Bonchev–Trinajstić information content (AvgIpc) is 2.67. The largest absolute Gasteiger partial charge is 0.493 e. The Kier molecular flexibility index (Phi) is 5.90. The van der Waals surface area contributed by atoms with Crippen molar-refractivity contribution < 1.29 is 14.3 Å². The monoisotopic (exact) mass is 351 g/mol. The third-order valence-corrected chi connectivity index (χ3v) is 3.45. The Morgan fingerprint density at radius 1 is 1.12 bits per heavy atom. The molecule has 0 heterocycles. The Morgan fingerprint density at radius 2 is 1.73 bits per heavy atom. The fourth-order valence-electron chi connectivity index (χ4n) is 2.11. The zero-order chi connectivity index (χ0) is 19.1. The van der Waals surface area contributed by atoms with Gasteiger partial charge in [0.15, 0.2) is 23.1 Å². The summed E-state index contributed by atoms with van der Waals surface area (Å²) in [6, 6.07) is 13.2. The van der Waals surface area contributed by atoms with Crippen molar-refractivity contribution in [3.05, 3.63) is 53.6 Å². The Bertz CT molecular complexity index is 898. The molecule has 0 saturated heterocycles. The summed E-state index contributed by atoms with van der Waals surface area (Å²) in [5, 5.41) is 19.7. The summed E-state index contributed by atoms with van der Waals surface area (Å²) >= 11 is 0. The Hall–Kier alpha value is -3.86. The van der Waals surface area contributed by atoms with E-state index in [9.17, 15) is 4.79 Å². The van der Waals surface area contributed by atoms with Crippen LogP contribution in [0.25, 0.3) is 0 Å². The molecule has 0 aliphatic rings. The molecule has 8 nitrogen and oxygen atoms in total. The number of rotatable bonds is 7. The van der Waals surface area contributed by atoms with Gasteiger partial charge in [-0.3, -0.25) is 15.6 Å². The number of amidine groups is 1. The molecule has 0 aromatic heterocycles. The second-order valence-corrected chi connectivity index (χ2v) is 5.07. The van der Waals surface area contributed by atoms with Crippen molar-refractivity contribution in [1.29, 1.82) is 10.7 Å². The summed E-state index contributed by atoms with van der Waals surface area (Å²) in [4.78, 5) is 12.6. The molecule has 0 aliphatic carbocycles. The zero-order valence-electron chi connectivity index (χ0n) is 14.2. The molecule has 0 aliphatic heterocycles. The van der Waals surface area contributed by atoms with E-state index in [1.807, 2.05) is 0 Å². The first-order valence-corrected chi connectivity index (χ1v) is 7.45. The summed E-state index contributed by atoms with van der Waals surface area (Å²) < 4.78 is 10.4. The summed E-state index contributed by atoms with van der Waals surface area (Å²) in [5.74, 6) is 0.405. The van der Waals surface area contributed by atoms with Gasteiger partial charge in [-0.25, -0.2) is 0 Å². The molecule has 0 fully saturated rings. The summed E-state index contributed by atoms with van der Waals surface area (Å²) in [6.45, 7) is 0. The van der Waals surface area contributed by atoms with Crippen LogP contribution in [0.15, 0.2) is 47.6 Å². The Morgan fingerprint density at radius 3 is 2.27 bits per heavy atom. The maximum absolute atomic E-state index is 12.6. The molecule has 2 aromatic rings. The fraction of sp³-hybridized carbons (Fsp3) is 0.111. The second-order valence-electron chi connectivity index (χ2n) is 5.07. The number of nitrogens with one attached hydrogen (secondary N) is 2. The normalized spacial score (nSPS) is 10.6. The van der Waals surface area contributed by atoms with Gasteiger partial charge >= 0.3 is 0 Å². The number of carbonyl (C=O) groups excluding carboxylic acids is 1. The van der Waals surface area contributed by atoms with Gasteiger partial charge in [0.05, 0.1) is 19.9 Å². The van der Waals surface area contributed by atoms with Crippen LogP contribution in [0.2, 0.25) is 0 Å². The first-order chi connectivity index (χ1) is 12.5. The van der Waals surface area contributed by atoms with Gasteiger partial charge in [0, 0.05) is 11.1 Å². The van der Waals surface area contributed by atoms with Gasteiger partial charge in [0.1, 0.15) is 6.07 Å². The molecule has 2 aromatic carbocycles. The van der Waals surface area contributed by atoms with Crippen LogP contribution < -0.4 is 20.6 Å². The van der Waals surface area contributed by atoms with Crippen molar-refractivity contribution in [2.75, 3.05) is 19.6 Å². The van der Waals surface area contributed by atoms with Crippen LogP contribution in [0.5, 0.6) is 11.5 Å².